The van der Waals surface area contributed by atoms with Crippen LogP contribution in [0.2, 0.25) is 0 Å². The van der Waals surface area contributed by atoms with E-state index in [0.29, 0.717) is 5.82 Å². The predicted molar refractivity (Wildman–Crippen MR) is 62.2 cm³/mol. The lowest BCUT2D eigenvalue weighted by Gasteiger charge is -2.08. The average molecular weight is 201 g/mol. The topological polar surface area (TPSA) is 43.8 Å². The maximum Gasteiger partial charge on any atom is 0.127 e. The molecule has 0 radical (unpaired) electrons. The molecule has 2 aromatic rings. The molecule has 1 aromatic carbocycles. The van der Waals surface area contributed by atoms with Crippen molar-refractivity contribution in [1.82, 2.24) is 9.78 Å². The number of nitrogen functional groups attached to an aromatic ring is 1. The predicted octanol–water partition coefficient (Wildman–Crippen LogP) is 2.38. The summed E-state index contributed by atoms with van der Waals surface area (Å²) >= 11 is 0. The first-order chi connectivity index (χ1) is 7.08. The van der Waals surface area contributed by atoms with Gasteiger partial charge in [0.2, 0.25) is 0 Å². The highest BCUT2D eigenvalue weighted by Crippen LogP contribution is 2.19. The Morgan fingerprint density at radius 2 is 1.87 bits per heavy atom. The molecule has 0 saturated carbocycles. The van der Waals surface area contributed by atoms with Crippen LogP contribution >= 0.6 is 0 Å². The highest BCUT2D eigenvalue weighted by atomic mass is 15.3. The first kappa shape index (κ1) is 9.77. The molecule has 0 aliphatic heterocycles. The molecule has 0 saturated heterocycles. The number of aryl methyl sites for hydroxylation is 3. The molecule has 1 heterocycles. The first-order valence-corrected chi connectivity index (χ1v) is 4.97. The Hall–Kier alpha value is -1.77. The fourth-order valence-electron chi connectivity index (χ4n) is 1.66. The third-order valence-electron chi connectivity index (χ3n) is 2.45. The van der Waals surface area contributed by atoms with Crippen molar-refractivity contribution in [2.24, 2.45) is 0 Å². The summed E-state index contributed by atoms with van der Waals surface area (Å²) in [7, 11) is 0. The minimum Gasteiger partial charge on any atom is -0.384 e. The molecule has 1 aromatic heterocycles. The average Bonchev–Trinajstić information content (AvgIpc) is 2.50. The first-order valence-electron chi connectivity index (χ1n) is 4.97. The lowest BCUT2D eigenvalue weighted by Crippen LogP contribution is -2.03. The van der Waals surface area contributed by atoms with Crippen molar-refractivity contribution in [3.05, 3.63) is 41.1 Å². The maximum atomic E-state index is 5.89. The van der Waals surface area contributed by atoms with Crippen molar-refractivity contribution in [2.45, 2.75) is 20.8 Å². The van der Waals surface area contributed by atoms with Crippen LogP contribution in [0.5, 0.6) is 0 Å². The van der Waals surface area contributed by atoms with Gasteiger partial charge in [0.15, 0.2) is 0 Å². The molecule has 3 heteroatoms. The second-order valence-electron chi connectivity index (χ2n) is 3.91. The van der Waals surface area contributed by atoms with Gasteiger partial charge < -0.3 is 5.73 Å². The molecular formula is C12H15N3. The standard InChI is InChI=1S/C12H15N3/c1-8-4-5-9(2)11(6-8)15-12(13)7-10(3)14-15/h4-7H,13H2,1-3H3. The van der Waals surface area contributed by atoms with Crippen LogP contribution in [0.25, 0.3) is 5.69 Å². The Morgan fingerprint density at radius 3 is 2.47 bits per heavy atom. The van der Waals surface area contributed by atoms with Crippen molar-refractivity contribution >= 4 is 5.82 Å². The molecule has 2 rings (SSSR count). The van der Waals surface area contributed by atoms with Crippen LogP contribution in [0.1, 0.15) is 16.8 Å². The van der Waals surface area contributed by atoms with E-state index >= 15 is 0 Å². The number of hydrogen-bond acceptors (Lipinski definition) is 2. The second-order valence-corrected chi connectivity index (χ2v) is 3.91. The van der Waals surface area contributed by atoms with Crippen LogP contribution in [-0.4, -0.2) is 9.78 Å². The van der Waals surface area contributed by atoms with E-state index in [9.17, 15) is 0 Å². The van der Waals surface area contributed by atoms with Gasteiger partial charge in [0.05, 0.1) is 11.4 Å². The zero-order chi connectivity index (χ0) is 11.0. The number of anilines is 1. The molecule has 0 atom stereocenters. The van der Waals surface area contributed by atoms with Crippen molar-refractivity contribution in [2.75, 3.05) is 5.73 Å². The van der Waals surface area contributed by atoms with Gasteiger partial charge in [-0.1, -0.05) is 12.1 Å². The number of rotatable bonds is 1. The number of nitrogens with zero attached hydrogens (tertiary/aromatic N) is 2. The normalized spacial score (nSPS) is 10.6. The van der Waals surface area contributed by atoms with Gasteiger partial charge in [-0.3, -0.25) is 0 Å². The zero-order valence-electron chi connectivity index (χ0n) is 9.28. The summed E-state index contributed by atoms with van der Waals surface area (Å²) < 4.78 is 1.79. The molecule has 78 valence electrons. The number of hydrogen-bond donors (Lipinski definition) is 1. The third-order valence-corrected chi connectivity index (χ3v) is 2.45. The van der Waals surface area contributed by atoms with Gasteiger partial charge in [0, 0.05) is 6.07 Å². The Kier molecular flexibility index (Phi) is 2.23. The summed E-state index contributed by atoms with van der Waals surface area (Å²) in [4.78, 5) is 0. The monoisotopic (exact) mass is 201 g/mol. The molecule has 0 bridgehead atoms. The van der Waals surface area contributed by atoms with E-state index in [0.717, 1.165) is 11.4 Å². The van der Waals surface area contributed by atoms with Crippen LogP contribution in [0.4, 0.5) is 5.82 Å². The van der Waals surface area contributed by atoms with E-state index in [-0.39, 0.29) is 0 Å². The van der Waals surface area contributed by atoms with Crippen LogP contribution < -0.4 is 5.73 Å². The summed E-state index contributed by atoms with van der Waals surface area (Å²) in [6.45, 7) is 6.07. The Balaban J connectivity index is 2.62. The molecule has 15 heavy (non-hydrogen) atoms. The lowest BCUT2D eigenvalue weighted by molar-refractivity contribution is 0.864. The molecule has 0 fully saturated rings. The van der Waals surface area contributed by atoms with E-state index < -0.39 is 0 Å². The molecule has 3 nitrogen and oxygen atoms in total. The fraction of sp³-hybridized carbons (Fsp3) is 0.250. The van der Waals surface area contributed by atoms with E-state index in [2.05, 4.69) is 37.1 Å². The lowest BCUT2D eigenvalue weighted by atomic mass is 10.1. The van der Waals surface area contributed by atoms with Crippen molar-refractivity contribution < 1.29 is 0 Å². The van der Waals surface area contributed by atoms with Crippen LogP contribution in [-0.2, 0) is 0 Å². The third kappa shape index (κ3) is 1.73. The van der Waals surface area contributed by atoms with Gasteiger partial charge in [-0.05, 0) is 38.0 Å². The summed E-state index contributed by atoms with van der Waals surface area (Å²) in [6, 6.07) is 8.15. The fourth-order valence-corrected chi connectivity index (χ4v) is 1.66. The van der Waals surface area contributed by atoms with Gasteiger partial charge in [0.25, 0.3) is 0 Å². The molecule has 0 unspecified atom stereocenters. The van der Waals surface area contributed by atoms with Crippen LogP contribution in [0.15, 0.2) is 24.3 Å². The quantitative estimate of drug-likeness (QED) is 0.769. The molecule has 2 N–H and O–H groups in total. The van der Waals surface area contributed by atoms with E-state index in [4.69, 9.17) is 5.73 Å². The molecule has 0 aliphatic rings. The maximum absolute atomic E-state index is 5.89. The SMILES string of the molecule is Cc1ccc(C)c(-n2nc(C)cc2N)c1. The van der Waals surface area contributed by atoms with E-state index in [1.807, 2.05) is 13.0 Å². The summed E-state index contributed by atoms with van der Waals surface area (Å²) in [5.74, 6) is 0.682. The second kappa shape index (κ2) is 3.42. The highest BCUT2D eigenvalue weighted by Gasteiger charge is 2.06. The minimum atomic E-state index is 0.682. The van der Waals surface area contributed by atoms with Gasteiger partial charge in [-0.2, -0.15) is 5.10 Å². The Bertz CT molecular complexity index is 498. The summed E-state index contributed by atoms with van der Waals surface area (Å²) in [5, 5.41) is 4.37. The van der Waals surface area contributed by atoms with Crippen molar-refractivity contribution in [3.63, 3.8) is 0 Å². The van der Waals surface area contributed by atoms with Gasteiger partial charge >= 0.3 is 0 Å². The van der Waals surface area contributed by atoms with Gasteiger partial charge in [-0.15, -0.1) is 0 Å². The zero-order valence-corrected chi connectivity index (χ0v) is 9.28. The summed E-state index contributed by atoms with van der Waals surface area (Å²) in [6.07, 6.45) is 0. The van der Waals surface area contributed by atoms with Gasteiger partial charge in [-0.25, -0.2) is 4.68 Å². The smallest absolute Gasteiger partial charge is 0.127 e. The highest BCUT2D eigenvalue weighted by molar-refractivity contribution is 5.48. The van der Waals surface area contributed by atoms with Gasteiger partial charge in [0.1, 0.15) is 5.82 Å². The Morgan fingerprint density at radius 1 is 1.13 bits per heavy atom. The Labute approximate surface area is 89.5 Å². The number of benzene rings is 1. The summed E-state index contributed by atoms with van der Waals surface area (Å²) in [5.41, 5.74) is 10.3. The van der Waals surface area contributed by atoms with E-state index in [1.54, 1.807) is 4.68 Å². The number of nitrogens with two attached hydrogens (primary N) is 1. The van der Waals surface area contributed by atoms with Crippen molar-refractivity contribution in [1.29, 1.82) is 0 Å². The van der Waals surface area contributed by atoms with Crippen LogP contribution in [0.3, 0.4) is 0 Å². The molecule has 0 spiro atoms. The number of aromatic nitrogens is 2. The molecule has 0 amide bonds. The molecule has 0 aliphatic carbocycles. The largest absolute Gasteiger partial charge is 0.384 e. The van der Waals surface area contributed by atoms with Crippen LogP contribution in [0, 0.1) is 20.8 Å². The molecular weight excluding hydrogens is 186 g/mol. The minimum absolute atomic E-state index is 0.682. The van der Waals surface area contributed by atoms with Crippen molar-refractivity contribution in [3.8, 4) is 5.69 Å². The van der Waals surface area contributed by atoms with E-state index in [1.165, 1.54) is 11.1 Å².